The van der Waals surface area contributed by atoms with E-state index in [4.69, 9.17) is 0 Å². The third kappa shape index (κ3) is 2.75. The molecule has 0 atom stereocenters. The van der Waals surface area contributed by atoms with Gasteiger partial charge in [0.2, 0.25) is 5.91 Å². The molecule has 1 saturated carbocycles. The number of hydrogen-bond acceptors (Lipinski definition) is 2. The average molecular weight is 219 g/mol. The van der Waals surface area contributed by atoms with Crippen molar-refractivity contribution >= 4 is 5.91 Å². The van der Waals surface area contributed by atoms with Crippen LogP contribution in [0.2, 0.25) is 0 Å². The van der Waals surface area contributed by atoms with Gasteiger partial charge in [0, 0.05) is 18.5 Å². The molecule has 1 aromatic carbocycles. The Bertz CT molecular complexity index is 372. The van der Waals surface area contributed by atoms with Crippen LogP contribution in [-0.4, -0.2) is 11.0 Å². The molecule has 0 spiro atoms. The minimum absolute atomic E-state index is 0.0907. The molecular formula is C13H17NO2. The van der Waals surface area contributed by atoms with Crippen LogP contribution in [-0.2, 0) is 11.3 Å². The highest BCUT2D eigenvalue weighted by atomic mass is 16.3. The third-order valence-corrected chi connectivity index (χ3v) is 3.17. The molecule has 1 fully saturated rings. The first kappa shape index (κ1) is 11.0. The fraction of sp³-hybridized carbons (Fsp3) is 0.462. The van der Waals surface area contributed by atoms with Gasteiger partial charge in [-0.25, -0.2) is 0 Å². The van der Waals surface area contributed by atoms with E-state index in [1.54, 1.807) is 12.1 Å². The number of phenols is 1. The molecule has 3 nitrogen and oxygen atoms in total. The van der Waals surface area contributed by atoms with Crippen LogP contribution in [0.5, 0.6) is 5.75 Å². The van der Waals surface area contributed by atoms with Crippen LogP contribution >= 0.6 is 0 Å². The summed E-state index contributed by atoms with van der Waals surface area (Å²) in [5.41, 5.74) is 0.768. The normalized spacial score (nSPS) is 15.5. The van der Waals surface area contributed by atoms with Gasteiger partial charge in [-0.3, -0.25) is 4.79 Å². The first-order valence-corrected chi connectivity index (χ1v) is 5.79. The smallest absolute Gasteiger partial charge is 0.220 e. The monoisotopic (exact) mass is 219 g/mol. The highest BCUT2D eigenvalue weighted by Gasteiger charge is 2.20. The van der Waals surface area contributed by atoms with Gasteiger partial charge in [0.05, 0.1) is 0 Å². The van der Waals surface area contributed by atoms with E-state index in [1.165, 1.54) is 19.3 Å². The number of rotatable bonds is 4. The predicted molar refractivity (Wildman–Crippen MR) is 61.9 cm³/mol. The highest BCUT2D eigenvalue weighted by molar-refractivity contribution is 5.76. The first-order valence-electron chi connectivity index (χ1n) is 5.79. The lowest BCUT2D eigenvalue weighted by atomic mass is 9.83. The Morgan fingerprint density at radius 1 is 1.38 bits per heavy atom. The first-order chi connectivity index (χ1) is 7.75. The Morgan fingerprint density at radius 3 is 2.75 bits per heavy atom. The molecule has 0 bridgehead atoms. The number of hydrogen-bond donors (Lipinski definition) is 2. The van der Waals surface area contributed by atoms with Crippen molar-refractivity contribution in [3.05, 3.63) is 29.8 Å². The van der Waals surface area contributed by atoms with Gasteiger partial charge in [-0.1, -0.05) is 24.6 Å². The summed E-state index contributed by atoms with van der Waals surface area (Å²) in [6.45, 7) is 0.415. The highest BCUT2D eigenvalue weighted by Crippen LogP contribution is 2.29. The van der Waals surface area contributed by atoms with Crippen molar-refractivity contribution in [3.63, 3.8) is 0 Å². The van der Waals surface area contributed by atoms with E-state index < -0.39 is 0 Å². The number of para-hydroxylation sites is 1. The Morgan fingerprint density at radius 2 is 2.12 bits per heavy atom. The van der Waals surface area contributed by atoms with Crippen molar-refractivity contribution in [1.82, 2.24) is 5.32 Å². The summed E-state index contributed by atoms with van der Waals surface area (Å²) in [7, 11) is 0. The topological polar surface area (TPSA) is 49.3 Å². The van der Waals surface area contributed by atoms with Crippen LogP contribution in [0.3, 0.4) is 0 Å². The lowest BCUT2D eigenvalue weighted by Crippen LogP contribution is -2.27. The zero-order valence-corrected chi connectivity index (χ0v) is 9.28. The standard InChI is InChI=1S/C13H17NO2/c15-12-7-2-1-6-11(12)9-14-13(16)8-10-4-3-5-10/h1-2,6-7,10,15H,3-5,8-9H2,(H,14,16). The van der Waals surface area contributed by atoms with Crippen molar-refractivity contribution in [2.45, 2.75) is 32.2 Å². The van der Waals surface area contributed by atoms with Gasteiger partial charge >= 0.3 is 0 Å². The quantitative estimate of drug-likeness (QED) is 0.815. The van der Waals surface area contributed by atoms with E-state index in [2.05, 4.69) is 5.32 Å². The van der Waals surface area contributed by atoms with E-state index in [9.17, 15) is 9.90 Å². The number of benzene rings is 1. The van der Waals surface area contributed by atoms with Gasteiger partial charge in [-0.15, -0.1) is 0 Å². The summed E-state index contributed by atoms with van der Waals surface area (Å²) >= 11 is 0. The number of phenolic OH excluding ortho intramolecular Hbond substituents is 1. The van der Waals surface area contributed by atoms with E-state index >= 15 is 0 Å². The second kappa shape index (κ2) is 5.01. The van der Waals surface area contributed by atoms with E-state index in [1.807, 2.05) is 12.1 Å². The molecule has 0 radical (unpaired) electrons. The molecule has 0 aliphatic heterocycles. The van der Waals surface area contributed by atoms with E-state index in [0.29, 0.717) is 18.9 Å². The molecule has 1 aliphatic rings. The lowest BCUT2D eigenvalue weighted by molar-refractivity contribution is -0.122. The predicted octanol–water partition coefficient (Wildman–Crippen LogP) is 2.20. The summed E-state index contributed by atoms with van der Waals surface area (Å²) in [4.78, 5) is 11.5. The Labute approximate surface area is 95.5 Å². The number of aromatic hydroxyl groups is 1. The maximum Gasteiger partial charge on any atom is 0.220 e. The number of carbonyl (C=O) groups is 1. The summed E-state index contributed by atoms with van der Waals surface area (Å²) in [5.74, 6) is 0.920. The van der Waals surface area contributed by atoms with Crippen molar-refractivity contribution < 1.29 is 9.90 Å². The van der Waals surface area contributed by atoms with Crippen molar-refractivity contribution in [1.29, 1.82) is 0 Å². The molecule has 2 N–H and O–H groups in total. The number of nitrogens with one attached hydrogen (secondary N) is 1. The molecular weight excluding hydrogens is 202 g/mol. The zero-order chi connectivity index (χ0) is 11.4. The maximum atomic E-state index is 11.5. The maximum absolute atomic E-state index is 11.5. The second-order valence-electron chi connectivity index (χ2n) is 4.41. The van der Waals surface area contributed by atoms with E-state index in [0.717, 1.165) is 5.56 Å². The van der Waals surface area contributed by atoms with Crippen LogP contribution < -0.4 is 5.32 Å². The Hall–Kier alpha value is -1.51. The van der Waals surface area contributed by atoms with Gasteiger partial charge in [0.1, 0.15) is 5.75 Å². The minimum Gasteiger partial charge on any atom is -0.508 e. The van der Waals surface area contributed by atoms with Crippen LogP contribution in [0.15, 0.2) is 24.3 Å². The SMILES string of the molecule is O=C(CC1CCC1)NCc1ccccc1O. The van der Waals surface area contributed by atoms with Crippen molar-refractivity contribution in [2.24, 2.45) is 5.92 Å². The molecule has 0 unspecified atom stereocenters. The second-order valence-corrected chi connectivity index (χ2v) is 4.41. The average Bonchev–Trinajstić information content (AvgIpc) is 2.22. The minimum atomic E-state index is 0.0907. The Balaban J connectivity index is 1.78. The third-order valence-electron chi connectivity index (χ3n) is 3.17. The number of amides is 1. The van der Waals surface area contributed by atoms with Crippen LogP contribution in [0.25, 0.3) is 0 Å². The molecule has 1 aliphatic carbocycles. The van der Waals surface area contributed by atoms with E-state index in [-0.39, 0.29) is 11.7 Å². The van der Waals surface area contributed by atoms with Crippen molar-refractivity contribution in [3.8, 4) is 5.75 Å². The molecule has 86 valence electrons. The molecule has 16 heavy (non-hydrogen) atoms. The van der Waals surface area contributed by atoms with Crippen LogP contribution in [0.1, 0.15) is 31.2 Å². The fourth-order valence-electron chi connectivity index (χ4n) is 1.89. The fourth-order valence-corrected chi connectivity index (χ4v) is 1.89. The van der Waals surface area contributed by atoms with Gasteiger partial charge < -0.3 is 10.4 Å². The number of carbonyl (C=O) groups excluding carboxylic acids is 1. The zero-order valence-electron chi connectivity index (χ0n) is 9.28. The molecule has 0 aromatic heterocycles. The molecule has 3 heteroatoms. The Kier molecular flexibility index (Phi) is 3.44. The van der Waals surface area contributed by atoms with Gasteiger partial charge in [-0.2, -0.15) is 0 Å². The van der Waals surface area contributed by atoms with Crippen LogP contribution in [0.4, 0.5) is 0 Å². The molecule has 0 saturated heterocycles. The van der Waals surface area contributed by atoms with Crippen molar-refractivity contribution in [2.75, 3.05) is 0 Å². The lowest BCUT2D eigenvalue weighted by Gasteiger charge is -2.24. The van der Waals surface area contributed by atoms with Gasteiger partial charge in [-0.05, 0) is 24.8 Å². The largest absolute Gasteiger partial charge is 0.508 e. The van der Waals surface area contributed by atoms with Gasteiger partial charge in [0.15, 0.2) is 0 Å². The molecule has 1 amide bonds. The summed E-state index contributed by atoms with van der Waals surface area (Å²) < 4.78 is 0. The summed E-state index contributed by atoms with van der Waals surface area (Å²) in [6, 6.07) is 7.08. The molecule has 0 heterocycles. The molecule has 2 rings (SSSR count). The van der Waals surface area contributed by atoms with Crippen LogP contribution in [0, 0.1) is 5.92 Å². The molecule has 1 aromatic rings. The van der Waals surface area contributed by atoms with Gasteiger partial charge in [0.25, 0.3) is 0 Å². The summed E-state index contributed by atoms with van der Waals surface area (Å²) in [6.07, 6.45) is 4.26. The summed E-state index contributed by atoms with van der Waals surface area (Å²) in [5, 5.41) is 12.4.